The number of aldehydes is 1. The summed E-state index contributed by atoms with van der Waals surface area (Å²) < 4.78 is 4.78. The molecular weight excluding hydrogens is 190 g/mol. The smallest absolute Gasteiger partial charge is 0.150 e. The van der Waals surface area contributed by atoms with Crippen LogP contribution in [0.15, 0.2) is 24.3 Å². The molecule has 0 spiro atoms. The first-order valence-electron chi connectivity index (χ1n) is 5.04. The van der Waals surface area contributed by atoms with Crippen LogP contribution in [0.2, 0.25) is 0 Å². The molecule has 1 rings (SSSR count). The van der Waals surface area contributed by atoms with Gasteiger partial charge in [0.15, 0.2) is 0 Å². The van der Waals surface area contributed by atoms with E-state index in [1.165, 1.54) is 12.8 Å². The third-order valence-corrected chi connectivity index (χ3v) is 1.77. The Balaban J connectivity index is 0.000000288. The Morgan fingerprint density at radius 2 is 1.93 bits per heavy atom. The van der Waals surface area contributed by atoms with Gasteiger partial charge in [-0.15, -0.1) is 0 Å². The molecule has 0 saturated carbocycles. The largest absolute Gasteiger partial charge is 0.399 e. The third kappa shape index (κ3) is 7.70. The Kier molecular flexibility index (Phi) is 8.39. The van der Waals surface area contributed by atoms with Crippen molar-refractivity contribution < 1.29 is 9.53 Å². The van der Waals surface area contributed by atoms with Gasteiger partial charge in [-0.3, -0.25) is 4.79 Å². The van der Waals surface area contributed by atoms with E-state index in [-0.39, 0.29) is 0 Å². The summed E-state index contributed by atoms with van der Waals surface area (Å²) in [4.78, 5) is 10.1. The maximum absolute atomic E-state index is 10.1. The summed E-state index contributed by atoms with van der Waals surface area (Å²) in [5.74, 6) is 0. The molecule has 2 N–H and O–H groups in total. The number of nitrogens with two attached hydrogens (primary N) is 1. The first kappa shape index (κ1) is 13.7. The number of hydrogen-bond acceptors (Lipinski definition) is 3. The minimum Gasteiger partial charge on any atom is -0.399 e. The average Bonchev–Trinajstić information content (AvgIpc) is 2.28. The molecule has 1 aromatic carbocycles. The molecule has 0 bridgehead atoms. The summed E-state index contributed by atoms with van der Waals surface area (Å²) in [5.41, 5.74) is 6.70. The SMILES string of the molecule is CCCCOC.Nc1ccc(C=O)cc1. The minimum atomic E-state index is 0.657. The van der Waals surface area contributed by atoms with E-state index < -0.39 is 0 Å². The van der Waals surface area contributed by atoms with Gasteiger partial charge in [-0.1, -0.05) is 13.3 Å². The van der Waals surface area contributed by atoms with Gasteiger partial charge in [0.25, 0.3) is 0 Å². The van der Waals surface area contributed by atoms with Crippen LogP contribution >= 0.6 is 0 Å². The molecule has 0 aliphatic heterocycles. The van der Waals surface area contributed by atoms with E-state index >= 15 is 0 Å². The van der Waals surface area contributed by atoms with Gasteiger partial charge in [-0.25, -0.2) is 0 Å². The number of methoxy groups -OCH3 is 1. The highest BCUT2D eigenvalue weighted by atomic mass is 16.5. The lowest BCUT2D eigenvalue weighted by Gasteiger charge is -1.89. The molecule has 0 saturated heterocycles. The highest BCUT2D eigenvalue weighted by molar-refractivity contribution is 5.75. The van der Waals surface area contributed by atoms with Gasteiger partial charge in [-0.2, -0.15) is 0 Å². The van der Waals surface area contributed by atoms with Crippen LogP contribution in [0.25, 0.3) is 0 Å². The fraction of sp³-hybridized carbons (Fsp3) is 0.417. The maximum Gasteiger partial charge on any atom is 0.150 e. The zero-order valence-corrected chi connectivity index (χ0v) is 9.40. The van der Waals surface area contributed by atoms with Gasteiger partial charge in [0, 0.05) is 25.0 Å². The molecule has 0 amide bonds. The summed E-state index contributed by atoms with van der Waals surface area (Å²) in [6.07, 6.45) is 3.21. The number of carbonyl (C=O) groups excluding carboxylic acids is 1. The zero-order chi connectivity index (χ0) is 11.5. The molecule has 84 valence electrons. The lowest BCUT2D eigenvalue weighted by atomic mass is 10.2. The summed E-state index contributed by atoms with van der Waals surface area (Å²) in [6, 6.07) is 6.76. The van der Waals surface area contributed by atoms with Gasteiger partial charge in [0.05, 0.1) is 0 Å². The molecule has 0 heterocycles. The summed E-state index contributed by atoms with van der Waals surface area (Å²) >= 11 is 0. The van der Waals surface area contributed by atoms with Crippen molar-refractivity contribution in [1.82, 2.24) is 0 Å². The predicted octanol–water partition coefficient (Wildman–Crippen LogP) is 2.51. The van der Waals surface area contributed by atoms with Gasteiger partial charge in [-0.05, 0) is 30.7 Å². The van der Waals surface area contributed by atoms with Crippen LogP contribution in [0, 0.1) is 0 Å². The molecule has 0 fully saturated rings. The van der Waals surface area contributed by atoms with Crippen molar-refractivity contribution in [2.75, 3.05) is 19.5 Å². The van der Waals surface area contributed by atoms with Crippen molar-refractivity contribution in [2.45, 2.75) is 19.8 Å². The Hall–Kier alpha value is -1.35. The van der Waals surface area contributed by atoms with Crippen LogP contribution in [-0.2, 0) is 4.74 Å². The number of nitrogen functional groups attached to an aromatic ring is 1. The van der Waals surface area contributed by atoms with Crippen LogP contribution in [0.5, 0.6) is 0 Å². The summed E-state index contributed by atoms with van der Waals surface area (Å²) in [5, 5.41) is 0. The Morgan fingerprint density at radius 1 is 1.33 bits per heavy atom. The molecule has 15 heavy (non-hydrogen) atoms. The van der Waals surface area contributed by atoms with Crippen LogP contribution in [-0.4, -0.2) is 20.0 Å². The molecule has 3 heteroatoms. The molecule has 0 atom stereocenters. The molecule has 0 aliphatic carbocycles. The zero-order valence-electron chi connectivity index (χ0n) is 9.40. The first-order chi connectivity index (χ1) is 7.24. The van der Waals surface area contributed by atoms with E-state index in [0.717, 1.165) is 12.9 Å². The second-order valence-electron chi connectivity index (χ2n) is 3.13. The number of anilines is 1. The quantitative estimate of drug-likeness (QED) is 0.471. The normalized spacial score (nSPS) is 8.93. The summed E-state index contributed by atoms with van der Waals surface area (Å²) in [6.45, 7) is 3.07. The van der Waals surface area contributed by atoms with Crippen molar-refractivity contribution in [3.8, 4) is 0 Å². The van der Waals surface area contributed by atoms with Gasteiger partial charge >= 0.3 is 0 Å². The number of unbranched alkanes of at least 4 members (excludes halogenated alkanes) is 1. The standard InChI is InChI=1S/C7H7NO.C5H12O/c8-7-3-1-6(5-9)2-4-7;1-3-4-5-6-2/h1-5H,8H2;3-5H2,1-2H3. The minimum absolute atomic E-state index is 0.657. The highest BCUT2D eigenvalue weighted by Crippen LogP contribution is 2.01. The van der Waals surface area contributed by atoms with E-state index in [4.69, 9.17) is 10.5 Å². The molecule has 3 nitrogen and oxygen atoms in total. The van der Waals surface area contributed by atoms with Gasteiger partial charge in [0.1, 0.15) is 6.29 Å². The highest BCUT2D eigenvalue weighted by Gasteiger charge is 1.85. The second kappa shape index (κ2) is 9.21. The van der Waals surface area contributed by atoms with E-state index in [9.17, 15) is 4.79 Å². The number of carbonyl (C=O) groups is 1. The van der Waals surface area contributed by atoms with Crippen LogP contribution in [0.1, 0.15) is 30.1 Å². The monoisotopic (exact) mass is 209 g/mol. The van der Waals surface area contributed by atoms with E-state index in [1.54, 1.807) is 31.4 Å². The fourth-order valence-electron chi connectivity index (χ4n) is 0.863. The van der Waals surface area contributed by atoms with Crippen molar-refractivity contribution in [1.29, 1.82) is 0 Å². The van der Waals surface area contributed by atoms with E-state index in [2.05, 4.69) is 6.92 Å². The predicted molar refractivity (Wildman–Crippen MR) is 63.0 cm³/mol. The molecular formula is C12H19NO2. The fourth-order valence-corrected chi connectivity index (χ4v) is 0.863. The Morgan fingerprint density at radius 3 is 2.27 bits per heavy atom. The van der Waals surface area contributed by atoms with Gasteiger partial charge < -0.3 is 10.5 Å². The number of ether oxygens (including phenoxy) is 1. The lowest BCUT2D eigenvalue weighted by molar-refractivity contribution is 0.112. The van der Waals surface area contributed by atoms with Crippen LogP contribution in [0.4, 0.5) is 5.69 Å². The van der Waals surface area contributed by atoms with Crippen molar-refractivity contribution in [3.05, 3.63) is 29.8 Å². The molecule has 0 aromatic heterocycles. The van der Waals surface area contributed by atoms with Gasteiger partial charge in [0.2, 0.25) is 0 Å². The van der Waals surface area contributed by atoms with Crippen LogP contribution < -0.4 is 5.73 Å². The Labute approximate surface area is 91.2 Å². The average molecular weight is 209 g/mol. The number of hydrogen-bond donors (Lipinski definition) is 1. The number of benzene rings is 1. The molecule has 0 aliphatic rings. The third-order valence-electron chi connectivity index (χ3n) is 1.77. The summed E-state index contributed by atoms with van der Waals surface area (Å²) in [7, 11) is 1.73. The molecule has 1 aromatic rings. The van der Waals surface area contributed by atoms with E-state index in [1.807, 2.05) is 0 Å². The van der Waals surface area contributed by atoms with Crippen molar-refractivity contribution in [2.24, 2.45) is 0 Å². The van der Waals surface area contributed by atoms with E-state index in [0.29, 0.717) is 11.3 Å². The molecule has 0 radical (unpaired) electrons. The Bertz CT molecular complexity index is 253. The number of rotatable bonds is 4. The molecule has 0 unspecified atom stereocenters. The lowest BCUT2D eigenvalue weighted by Crippen LogP contribution is -1.84. The first-order valence-corrected chi connectivity index (χ1v) is 5.04. The van der Waals surface area contributed by atoms with Crippen LogP contribution in [0.3, 0.4) is 0 Å². The van der Waals surface area contributed by atoms with Crippen molar-refractivity contribution in [3.63, 3.8) is 0 Å². The second-order valence-corrected chi connectivity index (χ2v) is 3.13. The van der Waals surface area contributed by atoms with Crippen molar-refractivity contribution >= 4 is 12.0 Å². The maximum atomic E-state index is 10.1. The topological polar surface area (TPSA) is 52.3 Å².